The molecule has 7 nitrogen and oxygen atoms in total. The summed E-state index contributed by atoms with van der Waals surface area (Å²) in [6.45, 7) is 3.63. The molecule has 0 saturated heterocycles. The first-order valence-electron chi connectivity index (χ1n) is 9.41. The summed E-state index contributed by atoms with van der Waals surface area (Å²) in [6, 6.07) is 12.6. The first-order valence-corrected chi connectivity index (χ1v) is 9.79. The van der Waals surface area contributed by atoms with E-state index in [0.717, 1.165) is 0 Å². The van der Waals surface area contributed by atoms with Gasteiger partial charge in [-0.25, -0.2) is 9.59 Å². The number of carbonyl (C=O) groups excluding carboxylic acids is 3. The van der Waals surface area contributed by atoms with Gasteiger partial charge in [-0.1, -0.05) is 35.9 Å². The molecule has 156 valence electrons. The molecule has 1 atom stereocenters. The van der Waals surface area contributed by atoms with E-state index in [9.17, 15) is 14.4 Å². The van der Waals surface area contributed by atoms with Gasteiger partial charge in [0.15, 0.2) is 0 Å². The minimum absolute atomic E-state index is 0.216. The van der Waals surface area contributed by atoms with E-state index in [1.54, 1.807) is 69.4 Å². The highest BCUT2D eigenvalue weighted by Gasteiger charge is 2.35. The Morgan fingerprint density at radius 1 is 1.20 bits per heavy atom. The molecule has 0 saturated carbocycles. The van der Waals surface area contributed by atoms with E-state index >= 15 is 0 Å². The maximum absolute atomic E-state index is 12.6. The van der Waals surface area contributed by atoms with Crippen LogP contribution in [0.4, 0.5) is 10.5 Å². The maximum Gasteiger partial charge on any atom is 0.338 e. The van der Waals surface area contributed by atoms with E-state index in [1.165, 1.54) is 4.90 Å². The lowest BCUT2D eigenvalue weighted by molar-refractivity contribution is -0.139. The zero-order valence-corrected chi connectivity index (χ0v) is 17.6. The van der Waals surface area contributed by atoms with Crippen LogP contribution in [0.3, 0.4) is 0 Å². The summed E-state index contributed by atoms with van der Waals surface area (Å²) in [5.74, 6) is -0.861. The number of carbonyl (C=O) groups is 3. The number of hydrogen-bond acceptors (Lipinski definition) is 4. The SMILES string of the molecule is CCOC(=O)C1=C(C)N(C)C(=O)NC1c1cccc(NC(=O)c2ccccc2Cl)c1. The number of benzene rings is 2. The summed E-state index contributed by atoms with van der Waals surface area (Å²) in [5.41, 5.74) is 2.34. The Balaban J connectivity index is 1.93. The van der Waals surface area contributed by atoms with Crippen molar-refractivity contribution in [2.24, 2.45) is 0 Å². The molecule has 30 heavy (non-hydrogen) atoms. The fourth-order valence-corrected chi connectivity index (χ4v) is 3.42. The Morgan fingerprint density at radius 2 is 1.93 bits per heavy atom. The van der Waals surface area contributed by atoms with Crippen LogP contribution in [0.15, 0.2) is 59.8 Å². The molecule has 3 rings (SSSR count). The number of ether oxygens (including phenoxy) is 1. The Morgan fingerprint density at radius 3 is 2.63 bits per heavy atom. The molecule has 1 heterocycles. The quantitative estimate of drug-likeness (QED) is 0.702. The first kappa shape index (κ1) is 21.4. The Bertz CT molecular complexity index is 1030. The molecule has 0 aromatic heterocycles. The Kier molecular flexibility index (Phi) is 6.42. The van der Waals surface area contributed by atoms with Crippen molar-refractivity contribution in [1.29, 1.82) is 0 Å². The second-order valence-electron chi connectivity index (χ2n) is 6.72. The van der Waals surface area contributed by atoms with Gasteiger partial charge in [-0.3, -0.25) is 4.79 Å². The van der Waals surface area contributed by atoms with Crippen molar-refractivity contribution in [3.05, 3.63) is 76.0 Å². The lowest BCUT2D eigenvalue weighted by atomic mass is 9.94. The number of nitrogens with one attached hydrogen (secondary N) is 2. The number of allylic oxidation sites excluding steroid dienone is 1. The molecule has 1 aliphatic rings. The Labute approximate surface area is 179 Å². The zero-order chi connectivity index (χ0) is 21.8. The lowest BCUT2D eigenvalue weighted by Crippen LogP contribution is -2.46. The highest BCUT2D eigenvalue weighted by molar-refractivity contribution is 6.34. The van der Waals surface area contributed by atoms with E-state index in [-0.39, 0.29) is 18.5 Å². The van der Waals surface area contributed by atoms with Gasteiger partial charge in [0.05, 0.1) is 28.8 Å². The van der Waals surface area contributed by atoms with E-state index in [0.29, 0.717) is 33.1 Å². The number of nitrogens with zero attached hydrogens (tertiary/aromatic N) is 1. The van der Waals surface area contributed by atoms with Crippen LogP contribution >= 0.6 is 11.6 Å². The van der Waals surface area contributed by atoms with Gasteiger partial charge in [0.2, 0.25) is 0 Å². The summed E-state index contributed by atoms with van der Waals surface area (Å²) >= 11 is 6.10. The first-order chi connectivity index (χ1) is 14.3. The second kappa shape index (κ2) is 9.00. The van der Waals surface area contributed by atoms with Crippen molar-refractivity contribution >= 4 is 35.2 Å². The van der Waals surface area contributed by atoms with Crippen molar-refractivity contribution in [1.82, 2.24) is 10.2 Å². The third-order valence-electron chi connectivity index (χ3n) is 4.85. The average molecular weight is 428 g/mol. The highest BCUT2D eigenvalue weighted by Crippen LogP contribution is 2.32. The van der Waals surface area contributed by atoms with Crippen molar-refractivity contribution in [2.75, 3.05) is 19.0 Å². The molecule has 3 amide bonds. The second-order valence-corrected chi connectivity index (χ2v) is 7.13. The maximum atomic E-state index is 12.6. The van der Waals surface area contributed by atoms with Crippen LogP contribution in [-0.2, 0) is 9.53 Å². The van der Waals surface area contributed by atoms with Crippen molar-refractivity contribution in [2.45, 2.75) is 19.9 Å². The van der Waals surface area contributed by atoms with Crippen molar-refractivity contribution in [3.63, 3.8) is 0 Å². The van der Waals surface area contributed by atoms with Crippen LogP contribution < -0.4 is 10.6 Å². The molecular weight excluding hydrogens is 406 g/mol. The summed E-state index contributed by atoms with van der Waals surface area (Å²) in [6.07, 6.45) is 0. The molecule has 0 radical (unpaired) electrons. The number of anilines is 1. The van der Waals surface area contributed by atoms with Crippen LogP contribution in [0, 0.1) is 0 Å². The standard InChI is InChI=1S/C22H22ClN3O4/c1-4-30-21(28)18-13(2)26(3)22(29)25-19(18)14-8-7-9-15(12-14)24-20(27)16-10-5-6-11-17(16)23/h5-12,19H,4H2,1-3H3,(H,24,27)(H,25,29). The molecule has 0 bridgehead atoms. The minimum atomic E-state index is -0.704. The summed E-state index contributed by atoms with van der Waals surface area (Å²) < 4.78 is 5.19. The molecule has 2 N–H and O–H groups in total. The van der Waals surface area contributed by atoms with Crippen molar-refractivity contribution < 1.29 is 19.1 Å². The summed E-state index contributed by atoms with van der Waals surface area (Å²) in [5, 5.41) is 5.96. The summed E-state index contributed by atoms with van der Waals surface area (Å²) in [4.78, 5) is 38.9. The Hall–Kier alpha value is -3.32. The minimum Gasteiger partial charge on any atom is -0.463 e. The fraction of sp³-hybridized carbons (Fsp3) is 0.227. The van der Waals surface area contributed by atoms with E-state index in [4.69, 9.17) is 16.3 Å². The molecule has 2 aromatic rings. The number of rotatable bonds is 5. The smallest absolute Gasteiger partial charge is 0.338 e. The van der Waals surface area contributed by atoms with Gasteiger partial charge in [0, 0.05) is 18.4 Å². The molecular formula is C22H22ClN3O4. The van der Waals surface area contributed by atoms with E-state index < -0.39 is 12.0 Å². The van der Waals surface area contributed by atoms with Gasteiger partial charge in [0.1, 0.15) is 0 Å². The fourth-order valence-electron chi connectivity index (χ4n) is 3.20. The highest BCUT2D eigenvalue weighted by atomic mass is 35.5. The number of hydrogen-bond donors (Lipinski definition) is 2. The van der Waals surface area contributed by atoms with Gasteiger partial charge in [0.25, 0.3) is 5.91 Å². The molecule has 1 unspecified atom stereocenters. The molecule has 0 spiro atoms. The third-order valence-corrected chi connectivity index (χ3v) is 5.18. The van der Waals surface area contributed by atoms with Gasteiger partial charge >= 0.3 is 12.0 Å². The van der Waals surface area contributed by atoms with Crippen LogP contribution in [-0.4, -0.2) is 36.5 Å². The molecule has 0 aliphatic carbocycles. The van der Waals surface area contributed by atoms with Crippen molar-refractivity contribution in [3.8, 4) is 0 Å². The van der Waals surface area contributed by atoms with Gasteiger partial charge in [-0.05, 0) is 43.7 Å². The predicted octanol–water partition coefficient (Wildman–Crippen LogP) is 4.13. The van der Waals surface area contributed by atoms with Gasteiger partial charge < -0.3 is 20.3 Å². The summed E-state index contributed by atoms with van der Waals surface area (Å²) in [7, 11) is 1.58. The monoisotopic (exact) mass is 427 g/mol. The molecule has 8 heteroatoms. The number of amides is 3. The van der Waals surface area contributed by atoms with Crippen LogP contribution in [0.25, 0.3) is 0 Å². The normalized spacial score (nSPS) is 16.2. The molecule has 2 aromatic carbocycles. The van der Waals surface area contributed by atoms with Crippen LogP contribution in [0.1, 0.15) is 35.8 Å². The molecule has 0 fully saturated rings. The lowest BCUT2D eigenvalue weighted by Gasteiger charge is -2.33. The number of esters is 1. The predicted molar refractivity (Wildman–Crippen MR) is 114 cm³/mol. The zero-order valence-electron chi connectivity index (χ0n) is 16.9. The third kappa shape index (κ3) is 4.31. The van der Waals surface area contributed by atoms with Crippen LogP contribution in [0.2, 0.25) is 5.02 Å². The largest absolute Gasteiger partial charge is 0.463 e. The van der Waals surface area contributed by atoms with E-state index in [2.05, 4.69) is 10.6 Å². The van der Waals surface area contributed by atoms with Crippen LogP contribution in [0.5, 0.6) is 0 Å². The topological polar surface area (TPSA) is 87.7 Å². The number of halogens is 1. The molecule has 1 aliphatic heterocycles. The van der Waals surface area contributed by atoms with Gasteiger partial charge in [-0.2, -0.15) is 0 Å². The van der Waals surface area contributed by atoms with E-state index in [1.807, 2.05) is 0 Å². The number of urea groups is 1. The van der Waals surface area contributed by atoms with Gasteiger partial charge in [-0.15, -0.1) is 0 Å². The average Bonchev–Trinajstić information content (AvgIpc) is 2.72.